The van der Waals surface area contributed by atoms with Crippen LogP contribution in [0, 0.1) is 11.8 Å². The van der Waals surface area contributed by atoms with E-state index in [0.29, 0.717) is 37.8 Å². The van der Waals surface area contributed by atoms with E-state index in [9.17, 15) is 9.59 Å². The Labute approximate surface area is 190 Å². The monoisotopic (exact) mass is 452 g/mol. The maximum Gasteiger partial charge on any atom is 0.413 e. The predicted molar refractivity (Wildman–Crippen MR) is 118 cm³/mol. The van der Waals surface area contributed by atoms with Crippen LogP contribution in [0.4, 0.5) is 4.79 Å². The van der Waals surface area contributed by atoms with E-state index >= 15 is 0 Å². The second kappa shape index (κ2) is 12.5. The van der Waals surface area contributed by atoms with E-state index in [1.807, 2.05) is 45.0 Å². The Hall–Kier alpha value is -2.52. The summed E-state index contributed by atoms with van der Waals surface area (Å²) in [6.45, 7) is 11.0. The number of para-hydroxylation sites is 2. The Morgan fingerprint density at radius 1 is 1.09 bits per heavy atom. The van der Waals surface area contributed by atoms with Gasteiger partial charge in [0.25, 0.3) is 6.29 Å². The molecule has 0 aliphatic carbocycles. The van der Waals surface area contributed by atoms with Crippen LogP contribution in [0.5, 0.6) is 11.5 Å². The first-order valence-electron chi connectivity index (χ1n) is 11.1. The molecule has 1 heterocycles. The van der Waals surface area contributed by atoms with Crippen molar-refractivity contribution in [1.29, 1.82) is 0 Å². The second-order valence-electron chi connectivity index (χ2n) is 8.33. The van der Waals surface area contributed by atoms with E-state index < -0.39 is 24.4 Å². The predicted octanol–water partition coefficient (Wildman–Crippen LogP) is 2.81. The van der Waals surface area contributed by atoms with Crippen LogP contribution >= 0.6 is 0 Å². The third-order valence-electron chi connectivity index (χ3n) is 4.95. The number of hydrogen-bond donors (Lipinski definition) is 1. The van der Waals surface area contributed by atoms with Gasteiger partial charge in [-0.3, -0.25) is 4.79 Å². The number of carbonyl (C=O) groups is 2. The molecule has 1 fully saturated rings. The van der Waals surface area contributed by atoms with Crippen LogP contribution in [0.15, 0.2) is 24.3 Å². The van der Waals surface area contributed by atoms with Crippen LogP contribution in [-0.2, 0) is 19.0 Å². The Morgan fingerprint density at radius 3 is 2.34 bits per heavy atom. The van der Waals surface area contributed by atoms with Gasteiger partial charge in [-0.05, 0) is 25.0 Å². The van der Waals surface area contributed by atoms with Crippen molar-refractivity contribution in [3.63, 3.8) is 0 Å². The minimum absolute atomic E-state index is 0.0844. The first-order valence-corrected chi connectivity index (χ1v) is 11.1. The van der Waals surface area contributed by atoms with Gasteiger partial charge in [0.05, 0.1) is 19.8 Å². The van der Waals surface area contributed by atoms with Crippen molar-refractivity contribution in [2.24, 2.45) is 17.6 Å². The lowest BCUT2D eigenvalue weighted by Crippen LogP contribution is -2.49. The maximum atomic E-state index is 12.7. The first kappa shape index (κ1) is 25.7. The van der Waals surface area contributed by atoms with E-state index in [2.05, 4.69) is 0 Å². The van der Waals surface area contributed by atoms with Crippen molar-refractivity contribution in [2.75, 3.05) is 32.9 Å². The highest BCUT2D eigenvalue weighted by molar-refractivity contribution is 5.76. The molecule has 1 saturated heterocycles. The van der Waals surface area contributed by atoms with Gasteiger partial charge in [0.15, 0.2) is 11.5 Å². The summed E-state index contributed by atoms with van der Waals surface area (Å²) in [5.41, 5.74) is 5.85. The molecule has 0 bridgehead atoms. The van der Waals surface area contributed by atoms with E-state index in [-0.39, 0.29) is 24.5 Å². The minimum atomic E-state index is -1.02. The highest BCUT2D eigenvalue weighted by Crippen LogP contribution is 2.27. The smallest absolute Gasteiger partial charge is 0.413 e. The zero-order chi connectivity index (χ0) is 23.7. The zero-order valence-corrected chi connectivity index (χ0v) is 19.6. The number of nitrogens with two attached hydrogens (primary N) is 1. The van der Waals surface area contributed by atoms with Gasteiger partial charge in [0.2, 0.25) is 0 Å². The van der Waals surface area contributed by atoms with Gasteiger partial charge >= 0.3 is 12.1 Å². The topological polar surface area (TPSA) is 110 Å². The van der Waals surface area contributed by atoms with Gasteiger partial charge in [-0.15, -0.1) is 0 Å². The molecular formula is C23H36N2O7. The SMILES string of the molecule is CCOc1ccccc1OC[C@@H]1CN(C(=O)OC(OC(=O)[C@H](N)C(C)C)C(C)C)CCO1. The fraction of sp³-hybridized carbons (Fsp3) is 0.652. The van der Waals surface area contributed by atoms with Gasteiger partial charge in [0.1, 0.15) is 18.8 Å². The van der Waals surface area contributed by atoms with Crippen LogP contribution in [-0.4, -0.2) is 68.3 Å². The summed E-state index contributed by atoms with van der Waals surface area (Å²) in [4.78, 5) is 26.5. The van der Waals surface area contributed by atoms with Gasteiger partial charge < -0.3 is 34.3 Å². The number of nitrogens with zero attached hydrogens (tertiary/aromatic N) is 1. The summed E-state index contributed by atoms with van der Waals surface area (Å²) in [5, 5.41) is 0. The number of amides is 1. The molecule has 0 saturated carbocycles. The summed E-state index contributed by atoms with van der Waals surface area (Å²) >= 11 is 0. The zero-order valence-electron chi connectivity index (χ0n) is 19.6. The molecule has 2 N–H and O–H groups in total. The molecule has 1 aliphatic rings. The van der Waals surface area contributed by atoms with Crippen molar-refractivity contribution < 1.29 is 33.3 Å². The molecule has 1 aliphatic heterocycles. The van der Waals surface area contributed by atoms with E-state index in [0.717, 1.165) is 0 Å². The lowest BCUT2D eigenvalue weighted by atomic mass is 10.1. The summed E-state index contributed by atoms with van der Waals surface area (Å²) in [6.07, 6.45) is -1.92. The summed E-state index contributed by atoms with van der Waals surface area (Å²) in [6, 6.07) is 6.62. The Bertz CT molecular complexity index is 741. The molecule has 3 atom stereocenters. The number of benzene rings is 1. The molecule has 0 spiro atoms. The molecule has 1 amide bonds. The largest absolute Gasteiger partial charge is 0.490 e. The van der Waals surface area contributed by atoms with Crippen LogP contribution in [0.2, 0.25) is 0 Å². The quantitative estimate of drug-likeness (QED) is 0.426. The number of esters is 1. The number of hydrogen-bond acceptors (Lipinski definition) is 8. The molecule has 9 nitrogen and oxygen atoms in total. The van der Waals surface area contributed by atoms with Crippen LogP contribution in [0.1, 0.15) is 34.6 Å². The molecule has 1 aromatic carbocycles. The lowest BCUT2D eigenvalue weighted by molar-refractivity contribution is -0.180. The van der Waals surface area contributed by atoms with Crippen molar-refractivity contribution in [2.45, 2.75) is 53.1 Å². The second-order valence-corrected chi connectivity index (χ2v) is 8.33. The summed E-state index contributed by atoms with van der Waals surface area (Å²) in [5.74, 6) is 0.373. The van der Waals surface area contributed by atoms with Crippen LogP contribution in [0.3, 0.4) is 0 Å². The molecule has 0 radical (unpaired) electrons. The number of ether oxygens (including phenoxy) is 5. The Morgan fingerprint density at radius 2 is 1.75 bits per heavy atom. The summed E-state index contributed by atoms with van der Waals surface area (Å²) < 4.78 is 28.0. The van der Waals surface area contributed by atoms with Crippen molar-refractivity contribution in [3.8, 4) is 11.5 Å². The third-order valence-corrected chi connectivity index (χ3v) is 4.95. The molecule has 32 heavy (non-hydrogen) atoms. The van der Waals surface area contributed by atoms with Crippen LogP contribution in [0.25, 0.3) is 0 Å². The number of carbonyl (C=O) groups excluding carboxylic acids is 2. The first-order chi connectivity index (χ1) is 15.2. The van der Waals surface area contributed by atoms with Crippen molar-refractivity contribution in [3.05, 3.63) is 24.3 Å². The number of rotatable bonds is 10. The van der Waals surface area contributed by atoms with E-state index in [4.69, 9.17) is 29.4 Å². The molecule has 1 unspecified atom stereocenters. The average Bonchev–Trinajstić information content (AvgIpc) is 2.77. The van der Waals surface area contributed by atoms with E-state index in [1.165, 1.54) is 4.90 Å². The maximum absolute atomic E-state index is 12.7. The van der Waals surface area contributed by atoms with Crippen molar-refractivity contribution in [1.82, 2.24) is 4.90 Å². The number of morpholine rings is 1. The van der Waals surface area contributed by atoms with Gasteiger partial charge in [-0.25, -0.2) is 4.79 Å². The van der Waals surface area contributed by atoms with Gasteiger partial charge in [-0.2, -0.15) is 0 Å². The molecule has 0 aromatic heterocycles. The van der Waals surface area contributed by atoms with Crippen LogP contribution < -0.4 is 15.2 Å². The third kappa shape index (κ3) is 7.56. The standard InChI is InChI=1S/C23H36N2O7/c1-6-28-18-9-7-8-10-19(18)30-14-17-13-25(11-12-29-17)23(27)32-22(16(4)5)31-21(26)20(24)15(2)3/h7-10,15-17,20,22H,6,11-14,24H2,1-5H3/t17-,20+,22?/m0/s1. The molecular weight excluding hydrogens is 416 g/mol. The fourth-order valence-electron chi connectivity index (χ4n) is 2.95. The Kier molecular flexibility index (Phi) is 10.1. The Balaban J connectivity index is 1.91. The molecule has 180 valence electrons. The molecule has 9 heteroatoms. The minimum Gasteiger partial charge on any atom is -0.490 e. The lowest BCUT2D eigenvalue weighted by Gasteiger charge is -2.33. The van der Waals surface area contributed by atoms with Gasteiger partial charge in [-0.1, -0.05) is 39.8 Å². The van der Waals surface area contributed by atoms with Crippen molar-refractivity contribution >= 4 is 12.1 Å². The van der Waals surface area contributed by atoms with E-state index in [1.54, 1.807) is 13.8 Å². The normalized spacial score (nSPS) is 18.2. The fourth-order valence-corrected chi connectivity index (χ4v) is 2.95. The van der Waals surface area contributed by atoms with Gasteiger partial charge in [0, 0.05) is 12.5 Å². The molecule has 1 aromatic rings. The highest BCUT2D eigenvalue weighted by atomic mass is 16.7. The highest BCUT2D eigenvalue weighted by Gasteiger charge is 2.31. The average molecular weight is 453 g/mol. The molecule has 2 rings (SSSR count). The summed E-state index contributed by atoms with van der Waals surface area (Å²) in [7, 11) is 0.